The molecular formula is C25H35N3O4. The molecule has 2 N–H and O–H groups in total. The van der Waals surface area contributed by atoms with Gasteiger partial charge in [0.1, 0.15) is 11.6 Å². The highest BCUT2D eigenvalue weighted by Crippen LogP contribution is 2.57. The third-order valence-corrected chi connectivity index (χ3v) is 8.71. The van der Waals surface area contributed by atoms with Gasteiger partial charge in [0.15, 0.2) is 0 Å². The van der Waals surface area contributed by atoms with E-state index in [0.29, 0.717) is 0 Å². The Bertz CT molecular complexity index is 827. The minimum atomic E-state index is -1.00. The molecule has 3 heterocycles. The highest BCUT2D eigenvalue weighted by atomic mass is 16.5. The summed E-state index contributed by atoms with van der Waals surface area (Å²) in [5.74, 6) is -1.37. The van der Waals surface area contributed by atoms with E-state index in [1.807, 2.05) is 12.2 Å². The molecule has 0 radical (unpaired) electrons. The van der Waals surface area contributed by atoms with Crippen LogP contribution in [0.15, 0.2) is 12.2 Å². The van der Waals surface area contributed by atoms with Crippen LogP contribution in [-0.4, -0.2) is 58.5 Å². The van der Waals surface area contributed by atoms with Crippen molar-refractivity contribution in [1.82, 2.24) is 15.5 Å². The zero-order chi connectivity index (χ0) is 21.9. The zero-order valence-corrected chi connectivity index (χ0v) is 18.8. The van der Waals surface area contributed by atoms with E-state index in [2.05, 4.69) is 10.6 Å². The van der Waals surface area contributed by atoms with Crippen molar-refractivity contribution in [3.05, 3.63) is 12.2 Å². The smallest absolute Gasteiger partial charge is 0.246 e. The maximum absolute atomic E-state index is 13.7. The van der Waals surface area contributed by atoms with Gasteiger partial charge in [-0.25, -0.2) is 0 Å². The summed E-state index contributed by atoms with van der Waals surface area (Å²) in [7, 11) is 0. The van der Waals surface area contributed by atoms with Crippen LogP contribution in [-0.2, 0) is 19.1 Å². The number of likely N-dealkylation sites (tertiary alicyclic amines) is 1. The second kappa shape index (κ2) is 7.86. The summed E-state index contributed by atoms with van der Waals surface area (Å²) >= 11 is 0. The molecule has 3 aliphatic heterocycles. The van der Waals surface area contributed by atoms with Gasteiger partial charge in [0.25, 0.3) is 0 Å². The van der Waals surface area contributed by atoms with Crippen LogP contribution in [0.1, 0.15) is 77.0 Å². The predicted octanol–water partition coefficient (Wildman–Crippen LogP) is 2.20. The van der Waals surface area contributed by atoms with Gasteiger partial charge in [0, 0.05) is 18.1 Å². The minimum absolute atomic E-state index is 0.0630. The van der Waals surface area contributed by atoms with Gasteiger partial charge < -0.3 is 20.3 Å². The van der Waals surface area contributed by atoms with Crippen molar-refractivity contribution in [3.63, 3.8) is 0 Å². The Morgan fingerprint density at radius 2 is 1.47 bits per heavy atom. The number of hydrogen-bond acceptors (Lipinski definition) is 4. The van der Waals surface area contributed by atoms with Crippen molar-refractivity contribution >= 4 is 17.7 Å². The van der Waals surface area contributed by atoms with E-state index in [-0.39, 0.29) is 35.8 Å². The van der Waals surface area contributed by atoms with Crippen LogP contribution < -0.4 is 10.6 Å². The highest BCUT2D eigenvalue weighted by Gasteiger charge is 2.74. The Labute approximate surface area is 189 Å². The first-order chi connectivity index (χ1) is 15.6. The monoisotopic (exact) mass is 441 g/mol. The molecule has 3 saturated carbocycles. The van der Waals surface area contributed by atoms with Crippen LogP contribution >= 0.6 is 0 Å². The fourth-order valence-electron chi connectivity index (χ4n) is 7.02. The van der Waals surface area contributed by atoms with E-state index >= 15 is 0 Å². The Hall–Kier alpha value is -1.89. The third-order valence-electron chi connectivity index (χ3n) is 8.71. The Morgan fingerprint density at radius 3 is 2.06 bits per heavy atom. The van der Waals surface area contributed by atoms with Gasteiger partial charge in [-0.15, -0.1) is 0 Å². The van der Waals surface area contributed by atoms with Gasteiger partial charge in [0.05, 0.1) is 17.9 Å². The molecule has 0 aromatic heterocycles. The van der Waals surface area contributed by atoms with Gasteiger partial charge in [-0.2, -0.15) is 0 Å². The molecular weight excluding hydrogens is 406 g/mol. The quantitative estimate of drug-likeness (QED) is 0.641. The van der Waals surface area contributed by atoms with E-state index in [0.717, 1.165) is 64.2 Å². The van der Waals surface area contributed by atoms with Gasteiger partial charge in [0.2, 0.25) is 17.7 Å². The summed E-state index contributed by atoms with van der Waals surface area (Å²) in [5, 5.41) is 6.47. The first kappa shape index (κ1) is 20.7. The standard InChI is InChI=1S/C25H35N3O4/c29-22(26-15-7-3-1-4-8-15)19-18-13-14-25(32-18)20(19)24(31)28(17-11-12-17)21(25)23(30)27-16-9-5-2-6-10-16/h13-21H,1-12H2,(H,26,29)(H,27,30)/t18-,19-,20+,21-,25+/m1/s1. The summed E-state index contributed by atoms with van der Waals surface area (Å²) in [5.41, 5.74) is -1.00. The molecule has 5 atom stereocenters. The maximum atomic E-state index is 13.7. The lowest BCUT2D eigenvalue weighted by Gasteiger charge is -2.34. The van der Waals surface area contributed by atoms with Gasteiger partial charge >= 0.3 is 0 Å². The third kappa shape index (κ3) is 3.22. The maximum Gasteiger partial charge on any atom is 0.246 e. The van der Waals surface area contributed by atoms with Crippen LogP contribution in [0.25, 0.3) is 0 Å². The summed E-state index contributed by atoms with van der Waals surface area (Å²) in [6.45, 7) is 0. The average Bonchev–Trinajstić information content (AvgIpc) is 3.39. The second-order valence-corrected chi connectivity index (χ2v) is 10.9. The van der Waals surface area contributed by atoms with Crippen molar-refractivity contribution in [2.45, 2.75) is 113 Å². The number of nitrogens with one attached hydrogen (secondary N) is 2. The molecule has 0 aromatic carbocycles. The number of rotatable bonds is 5. The molecule has 0 aromatic rings. The van der Waals surface area contributed by atoms with Crippen LogP contribution in [0, 0.1) is 11.8 Å². The SMILES string of the molecule is O=C(NC1CCCCC1)[C@H]1[C@H]2C(=O)N(C3CC3)[C@H](C(=O)NC3CCCCC3)[C@]23C=C[C@H]1O3. The van der Waals surface area contributed by atoms with Crippen LogP contribution in [0.4, 0.5) is 0 Å². The fourth-order valence-corrected chi connectivity index (χ4v) is 7.02. The molecule has 7 nitrogen and oxygen atoms in total. The first-order valence-corrected chi connectivity index (χ1v) is 12.9. The predicted molar refractivity (Wildman–Crippen MR) is 117 cm³/mol. The number of ether oxygens (including phenoxy) is 1. The van der Waals surface area contributed by atoms with Crippen molar-refractivity contribution in [1.29, 1.82) is 0 Å². The van der Waals surface area contributed by atoms with Crippen molar-refractivity contribution in [2.24, 2.45) is 11.8 Å². The molecule has 2 saturated heterocycles. The van der Waals surface area contributed by atoms with Crippen molar-refractivity contribution in [2.75, 3.05) is 0 Å². The molecule has 1 spiro atoms. The number of amides is 3. The lowest BCUT2D eigenvalue weighted by Crippen LogP contribution is -2.57. The lowest BCUT2D eigenvalue weighted by molar-refractivity contribution is -0.142. The number of carbonyl (C=O) groups is 3. The molecule has 32 heavy (non-hydrogen) atoms. The first-order valence-electron chi connectivity index (χ1n) is 12.9. The summed E-state index contributed by atoms with van der Waals surface area (Å²) in [6.07, 6.45) is 16.3. The topological polar surface area (TPSA) is 87.7 Å². The molecule has 0 unspecified atom stereocenters. The van der Waals surface area contributed by atoms with Gasteiger partial charge in [-0.1, -0.05) is 50.7 Å². The molecule has 2 bridgehead atoms. The molecule has 6 aliphatic rings. The van der Waals surface area contributed by atoms with E-state index in [1.165, 1.54) is 12.8 Å². The Morgan fingerprint density at radius 1 is 0.875 bits per heavy atom. The second-order valence-electron chi connectivity index (χ2n) is 10.9. The number of nitrogens with zero attached hydrogens (tertiary/aromatic N) is 1. The van der Waals surface area contributed by atoms with Gasteiger partial charge in [-0.05, 0) is 38.5 Å². The molecule has 6 rings (SSSR count). The van der Waals surface area contributed by atoms with Crippen LogP contribution in [0.3, 0.4) is 0 Å². The van der Waals surface area contributed by atoms with E-state index < -0.39 is 29.6 Å². The molecule has 174 valence electrons. The largest absolute Gasteiger partial charge is 0.359 e. The summed E-state index contributed by atoms with van der Waals surface area (Å²) < 4.78 is 6.41. The zero-order valence-electron chi connectivity index (χ0n) is 18.8. The van der Waals surface area contributed by atoms with E-state index in [4.69, 9.17) is 4.74 Å². The van der Waals surface area contributed by atoms with Crippen LogP contribution in [0.2, 0.25) is 0 Å². The van der Waals surface area contributed by atoms with Crippen molar-refractivity contribution < 1.29 is 19.1 Å². The minimum Gasteiger partial charge on any atom is -0.359 e. The van der Waals surface area contributed by atoms with Gasteiger partial charge in [-0.3, -0.25) is 14.4 Å². The normalized spacial score (nSPS) is 39.4. The number of hydrogen-bond donors (Lipinski definition) is 2. The number of fused-ring (bicyclic) bond motifs is 1. The molecule has 3 amide bonds. The Kier molecular flexibility index (Phi) is 5.08. The molecule has 7 heteroatoms. The average molecular weight is 442 g/mol. The highest BCUT2D eigenvalue weighted by molar-refractivity contribution is 6.00. The molecule has 5 fully saturated rings. The van der Waals surface area contributed by atoms with Crippen molar-refractivity contribution in [3.8, 4) is 0 Å². The van der Waals surface area contributed by atoms with Crippen LogP contribution in [0.5, 0.6) is 0 Å². The molecule has 3 aliphatic carbocycles. The lowest BCUT2D eigenvalue weighted by atomic mass is 9.74. The Balaban J connectivity index is 1.26. The fraction of sp³-hybridized carbons (Fsp3) is 0.800. The van der Waals surface area contributed by atoms with E-state index in [9.17, 15) is 14.4 Å². The summed E-state index contributed by atoms with van der Waals surface area (Å²) in [6, 6.07) is -0.196. The number of carbonyl (C=O) groups excluding carboxylic acids is 3. The summed E-state index contributed by atoms with van der Waals surface area (Å²) in [4.78, 5) is 42.5. The van der Waals surface area contributed by atoms with E-state index in [1.54, 1.807) is 4.90 Å².